The molecule has 0 fully saturated rings. The van der Waals surface area contributed by atoms with E-state index in [2.05, 4.69) is 5.32 Å². The van der Waals surface area contributed by atoms with Gasteiger partial charge in [0.1, 0.15) is 4.90 Å². The monoisotopic (exact) mass is 331 g/mol. The largest absolute Gasteiger partial charge is 0.399 e. The number of nitrogens with two attached hydrogens (primary N) is 2. The van der Waals surface area contributed by atoms with E-state index in [1.807, 2.05) is 0 Å². The van der Waals surface area contributed by atoms with Gasteiger partial charge in [-0.1, -0.05) is 23.2 Å². The van der Waals surface area contributed by atoms with Gasteiger partial charge in [-0.2, -0.15) is 0 Å². The van der Waals surface area contributed by atoms with Gasteiger partial charge in [0, 0.05) is 10.7 Å². The van der Waals surface area contributed by atoms with E-state index in [9.17, 15) is 8.42 Å². The number of primary sulfonamides is 1. The first-order valence-electron chi connectivity index (χ1n) is 5.42. The summed E-state index contributed by atoms with van der Waals surface area (Å²) in [6.07, 6.45) is 0. The van der Waals surface area contributed by atoms with Crippen molar-refractivity contribution in [2.45, 2.75) is 4.90 Å². The maximum Gasteiger partial charge on any atom is 0.240 e. The van der Waals surface area contributed by atoms with Crippen molar-refractivity contribution >= 4 is 50.3 Å². The Morgan fingerprint density at radius 1 is 1.00 bits per heavy atom. The van der Waals surface area contributed by atoms with E-state index in [0.717, 1.165) is 0 Å². The second-order valence-electron chi connectivity index (χ2n) is 4.05. The van der Waals surface area contributed by atoms with Crippen molar-refractivity contribution in [3.8, 4) is 0 Å². The van der Waals surface area contributed by atoms with Gasteiger partial charge in [-0.15, -0.1) is 0 Å². The maximum absolute atomic E-state index is 11.6. The highest BCUT2D eigenvalue weighted by molar-refractivity contribution is 7.89. The number of hydrogen-bond donors (Lipinski definition) is 3. The Bertz CT molecular complexity index is 763. The number of rotatable bonds is 3. The predicted octanol–water partition coefficient (Wildman–Crippen LogP) is 2.97. The molecule has 8 heteroatoms. The summed E-state index contributed by atoms with van der Waals surface area (Å²) < 4.78 is 23.1. The fourth-order valence-corrected chi connectivity index (χ4v) is 2.80. The third-order valence-corrected chi connectivity index (χ3v) is 4.01. The van der Waals surface area contributed by atoms with Gasteiger partial charge < -0.3 is 11.1 Å². The van der Waals surface area contributed by atoms with E-state index in [0.29, 0.717) is 21.4 Å². The molecule has 0 aromatic heterocycles. The molecule has 0 unspecified atom stereocenters. The van der Waals surface area contributed by atoms with Crippen LogP contribution in [0.3, 0.4) is 0 Å². The zero-order valence-corrected chi connectivity index (χ0v) is 12.4. The van der Waals surface area contributed by atoms with Gasteiger partial charge in [-0.3, -0.25) is 0 Å². The second-order valence-corrected chi connectivity index (χ2v) is 6.42. The van der Waals surface area contributed by atoms with Crippen LogP contribution in [0.4, 0.5) is 17.1 Å². The first kappa shape index (κ1) is 14.9. The molecule has 5 N–H and O–H groups in total. The van der Waals surface area contributed by atoms with Crippen LogP contribution in [0.2, 0.25) is 10.0 Å². The molecule has 2 rings (SSSR count). The number of hydrogen-bond acceptors (Lipinski definition) is 4. The van der Waals surface area contributed by atoms with Gasteiger partial charge in [-0.25, -0.2) is 13.6 Å². The van der Waals surface area contributed by atoms with E-state index < -0.39 is 10.0 Å². The minimum absolute atomic E-state index is 0.108. The molecule has 0 aliphatic carbocycles. The molecule has 0 heterocycles. The van der Waals surface area contributed by atoms with Crippen LogP contribution in [-0.2, 0) is 10.0 Å². The summed E-state index contributed by atoms with van der Waals surface area (Å²) in [5.74, 6) is 0. The van der Waals surface area contributed by atoms with Crippen molar-refractivity contribution in [1.82, 2.24) is 0 Å². The summed E-state index contributed by atoms with van der Waals surface area (Å²) >= 11 is 11.8. The lowest BCUT2D eigenvalue weighted by molar-refractivity contribution is 0.598. The van der Waals surface area contributed by atoms with Crippen LogP contribution in [0.1, 0.15) is 0 Å². The summed E-state index contributed by atoms with van der Waals surface area (Å²) in [5.41, 5.74) is 6.66. The third-order valence-electron chi connectivity index (χ3n) is 2.51. The fourth-order valence-electron chi connectivity index (χ4n) is 1.61. The van der Waals surface area contributed by atoms with Gasteiger partial charge >= 0.3 is 0 Å². The fraction of sp³-hybridized carbons (Fsp3) is 0. The number of benzene rings is 2. The molecule has 20 heavy (non-hydrogen) atoms. The van der Waals surface area contributed by atoms with Gasteiger partial charge in [0.15, 0.2) is 0 Å². The molecule has 2 aromatic rings. The molecule has 0 aliphatic rings. The van der Waals surface area contributed by atoms with Crippen molar-refractivity contribution in [2.24, 2.45) is 5.14 Å². The summed E-state index contributed by atoms with van der Waals surface area (Å²) in [4.78, 5) is -0.108. The molecule has 0 saturated carbocycles. The number of nitrogens with one attached hydrogen (secondary N) is 1. The molecule has 0 atom stereocenters. The SMILES string of the molecule is Nc1ccc(Nc2ccc(Cl)cc2Cl)c(S(N)(=O)=O)c1. The highest BCUT2D eigenvalue weighted by Gasteiger charge is 2.15. The van der Waals surface area contributed by atoms with Crippen LogP contribution < -0.4 is 16.2 Å². The molecule has 0 amide bonds. The first-order chi connectivity index (χ1) is 9.27. The summed E-state index contributed by atoms with van der Waals surface area (Å²) in [6, 6.07) is 9.15. The Kier molecular flexibility index (Phi) is 4.10. The van der Waals surface area contributed by atoms with Crippen LogP contribution in [0.15, 0.2) is 41.3 Å². The zero-order valence-electron chi connectivity index (χ0n) is 10.1. The van der Waals surface area contributed by atoms with Crippen molar-refractivity contribution in [3.05, 3.63) is 46.4 Å². The third kappa shape index (κ3) is 3.34. The lowest BCUT2D eigenvalue weighted by Gasteiger charge is -2.12. The Balaban J connectivity index is 2.49. The number of nitrogen functional groups attached to an aromatic ring is 1. The molecule has 106 valence electrons. The first-order valence-corrected chi connectivity index (χ1v) is 7.72. The molecular weight excluding hydrogens is 321 g/mol. The highest BCUT2D eigenvalue weighted by atomic mass is 35.5. The Morgan fingerprint density at radius 2 is 1.65 bits per heavy atom. The van der Waals surface area contributed by atoms with Gasteiger partial charge in [0.25, 0.3) is 0 Å². The molecule has 2 aromatic carbocycles. The van der Waals surface area contributed by atoms with Crippen LogP contribution in [0, 0.1) is 0 Å². The summed E-state index contributed by atoms with van der Waals surface area (Å²) in [5, 5.41) is 8.89. The van der Waals surface area contributed by atoms with Crippen LogP contribution in [0.25, 0.3) is 0 Å². The molecule has 5 nitrogen and oxygen atoms in total. The summed E-state index contributed by atoms with van der Waals surface area (Å²) in [7, 11) is -3.91. The molecule has 0 spiro atoms. The van der Waals surface area contributed by atoms with Gasteiger partial charge in [0.05, 0.1) is 16.4 Å². The minimum Gasteiger partial charge on any atom is -0.399 e. The van der Waals surface area contributed by atoms with Crippen molar-refractivity contribution in [2.75, 3.05) is 11.1 Å². The Morgan fingerprint density at radius 3 is 2.25 bits per heavy atom. The number of sulfonamides is 1. The average molecular weight is 332 g/mol. The van der Waals surface area contributed by atoms with Gasteiger partial charge in [-0.05, 0) is 36.4 Å². The van der Waals surface area contributed by atoms with E-state index >= 15 is 0 Å². The van der Waals surface area contributed by atoms with E-state index in [1.54, 1.807) is 24.3 Å². The molecule has 0 saturated heterocycles. The average Bonchev–Trinajstić information content (AvgIpc) is 2.33. The smallest absolute Gasteiger partial charge is 0.240 e. The standard InChI is InChI=1S/C12H11Cl2N3O2S/c13-7-1-3-10(9(14)5-7)17-11-4-2-8(15)6-12(11)20(16,18)19/h1-6,17H,15H2,(H2,16,18,19). The zero-order chi connectivity index (χ0) is 14.9. The molecule has 0 aliphatic heterocycles. The normalized spacial score (nSPS) is 11.3. The van der Waals surface area contributed by atoms with E-state index in [-0.39, 0.29) is 10.6 Å². The van der Waals surface area contributed by atoms with Crippen molar-refractivity contribution < 1.29 is 8.42 Å². The van der Waals surface area contributed by atoms with E-state index in [4.69, 9.17) is 34.1 Å². The topological polar surface area (TPSA) is 98.2 Å². The highest BCUT2D eigenvalue weighted by Crippen LogP contribution is 2.31. The molecule has 0 bridgehead atoms. The van der Waals surface area contributed by atoms with Crippen LogP contribution in [-0.4, -0.2) is 8.42 Å². The number of halogens is 2. The Hall–Kier alpha value is -1.47. The molecular formula is C12H11Cl2N3O2S. The second kappa shape index (κ2) is 5.49. The quantitative estimate of drug-likeness (QED) is 0.753. The predicted molar refractivity (Wildman–Crippen MR) is 82.0 cm³/mol. The summed E-state index contributed by atoms with van der Waals surface area (Å²) in [6.45, 7) is 0. The lowest BCUT2D eigenvalue weighted by atomic mass is 10.2. The van der Waals surface area contributed by atoms with E-state index in [1.165, 1.54) is 12.1 Å². The Labute approximate surface area is 126 Å². The van der Waals surface area contributed by atoms with Crippen LogP contribution >= 0.6 is 23.2 Å². The van der Waals surface area contributed by atoms with Gasteiger partial charge in [0.2, 0.25) is 10.0 Å². The van der Waals surface area contributed by atoms with Crippen LogP contribution in [0.5, 0.6) is 0 Å². The lowest BCUT2D eigenvalue weighted by Crippen LogP contribution is -2.14. The van der Waals surface area contributed by atoms with Crippen molar-refractivity contribution in [1.29, 1.82) is 0 Å². The number of anilines is 3. The molecule has 0 radical (unpaired) electrons. The van der Waals surface area contributed by atoms with Crippen molar-refractivity contribution in [3.63, 3.8) is 0 Å². The maximum atomic E-state index is 11.6. The minimum atomic E-state index is -3.91.